The molecule has 1 amide bonds. The average molecular weight is 441 g/mol. The molecule has 0 saturated carbocycles. The molecule has 0 aliphatic carbocycles. The number of amides is 1. The van der Waals surface area contributed by atoms with Gasteiger partial charge < -0.3 is 23.6 Å². The first-order valence-electron chi connectivity index (χ1n) is 10.2. The average Bonchev–Trinajstić information content (AvgIpc) is 3.55. The lowest BCUT2D eigenvalue weighted by Crippen LogP contribution is -2.13. The van der Waals surface area contributed by atoms with Gasteiger partial charge in [-0.05, 0) is 36.4 Å². The van der Waals surface area contributed by atoms with Gasteiger partial charge in [-0.1, -0.05) is 24.3 Å². The van der Waals surface area contributed by atoms with E-state index in [1.807, 2.05) is 36.4 Å². The number of nitrogens with zero attached hydrogens (tertiary/aromatic N) is 2. The number of para-hydroxylation sites is 1. The summed E-state index contributed by atoms with van der Waals surface area (Å²) < 4.78 is 22.0. The van der Waals surface area contributed by atoms with Crippen LogP contribution in [0, 0.1) is 0 Å². The van der Waals surface area contributed by atoms with E-state index in [4.69, 9.17) is 18.3 Å². The predicted octanol–water partition coefficient (Wildman–Crippen LogP) is 5.32. The summed E-state index contributed by atoms with van der Waals surface area (Å²) in [4.78, 5) is 21.4. The summed E-state index contributed by atoms with van der Waals surface area (Å²) in [6.45, 7) is 0.241. The molecule has 5 rings (SSSR count). The van der Waals surface area contributed by atoms with Gasteiger partial charge >= 0.3 is 0 Å². The Balaban J connectivity index is 1.34. The normalized spacial score (nSPS) is 10.8. The van der Waals surface area contributed by atoms with E-state index in [1.54, 1.807) is 37.4 Å². The molecular weight excluding hydrogens is 422 g/mol. The number of carbonyl (C=O) groups excluding carboxylic acids is 1. The fourth-order valence-electron chi connectivity index (χ4n) is 3.39. The Hall–Kier alpha value is -4.59. The molecule has 0 aliphatic heterocycles. The van der Waals surface area contributed by atoms with E-state index >= 15 is 0 Å². The van der Waals surface area contributed by atoms with Crippen LogP contribution in [0.5, 0.6) is 11.5 Å². The number of hydrogen-bond donors (Lipinski definition) is 1. The van der Waals surface area contributed by atoms with Gasteiger partial charge in [0.2, 0.25) is 5.76 Å². The Morgan fingerprint density at radius 3 is 2.76 bits per heavy atom. The molecule has 0 radical (unpaired) electrons. The van der Waals surface area contributed by atoms with E-state index in [1.165, 1.54) is 12.7 Å². The van der Waals surface area contributed by atoms with Crippen molar-refractivity contribution in [3.05, 3.63) is 90.8 Å². The van der Waals surface area contributed by atoms with Crippen molar-refractivity contribution in [3.8, 4) is 23.0 Å². The molecule has 164 valence electrons. The van der Waals surface area contributed by atoms with Gasteiger partial charge in [0.05, 0.1) is 24.6 Å². The number of nitrogens with one attached hydrogen (secondary N) is 1. The van der Waals surface area contributed by atoms with E-state index in [2.05, 4.69) is 15.3 Å². The van der Waals surface area contributed by atoms with Crippen molar-refractivity contribution in [2.24, 2.45) is 0 Å². The number of benzene rings is 2. The summed E-state index contributed by atoms with van der Waals surface area (Å²) in [5.41, 5.74) is 2.29. The maximum Gasteiger partial charge on any atom is 0.278 e. The van der Waals surface area contributed by atoms with E-state index < -0.39 is 5.91 Å². The zero-order valence-electron chi connectivity index (χ0n) is 17.6. The van der Waals surface area contributed by atoms with Crippen LogP contribution in [0.3, 0.4) is 0 Å². The topological polar surface area (TPSA) is 99.6 Å². The van der Waals surface area contributed by atoms with Crippen molar-refractivity contribution in [2.45, 2.75) is 6.61 Å². The lowest BCUT2D eigenvalue weighted by molar-refractivity contribution is 0.102. The summed E-state index contributed by atoms with van der Waals surface area (Å²) in [5.74, 6) is 1.23. The fraction of sp³-hybridized carbons (Fsp3) is 0.0800. The van der Waals surface area contributed by atoms with Gasteiger partial charge in [0.1, 0.15) is 6.61 Å². The molecule has 0 bridgehead atoms. The van der Waals surface area contributed by atoms with Gasteiger partial charge in [-0.2, -0.15) is 0 Å². The van der Waals surface area contributed by atoms with Gasteiger partial charge in [0.25, 0.3) is 5.91 Å². The monoisotopic (exact) mass is 441 g/mol. The number of ether oxygens (including phenoxy) is 2. The van der Waals surface area contributed by atoms with Crippen molar-refractivity contribution >= 4 is 22.5 Å². The van der Waals surface area contributed by atoms with E-state index in [0.29, 0.717) is 22.9 Å². The highest BCUT2D eigenvalue weighted by Crippen LogP contribution is 2.32. The van der Waals surface area contributed by atoms with Crippen molar-refractivity contribution in [3.63, 3.8) is 0 Å². The van der Waals surface area contributed by atoms with Crippen LogP contribution in [-0.2, 0) is 6.61 Å². The number of pyridine rings is 1. The summed E-state index contributed by atoms with van der Waals surface area (Å²) in [5, 5.41) is 3.87. The van der Waals surface area contributed by atoms with Gasteiger partial charge in [-0.3, -0.25) is 4.79 Å². The first-order chi connectivity index (χ1) is 16.2. The van der Waals surface area contributed by atoms with Crippen LogP contribution in [0.15, 0.2) is 88.2 Å². The lowest BCUT2D eigenvalue weighted by Gasteiger charge is -2.13. The minimum Gasteiger partial charge on any atom is -0.493 e. The molecule has 5 aromatic rings. The highest BCUT2D eigenvalue weighted by molar-refractivity contribution is 6.06. The molecule has 8 heteroatoms. The van der Waals surface area contributed by atoms with Crippen molar-refractivity contribution in [2.75, 3.05) is 12.4 Å². The number of oxazole rings is 1. The largest absolute Gasteiger partial charge is 0.493 e. The van der Waals surface area contributed by atoms with Crippen molar-refractivity contribution < 1.29 is 23.1 Å². The van der Waals surface area contributed by atoms with Crippen LogP contribution in [0.2, 0.25) is 0 Å². The summed E-state index contributed by atoms with van der Waals surface area (Å²) in [6.07, 6.45) is 2.70. The molecule has 2 aromatic carbocycles. The van der Waals surface area contributed by atoms with Gasteiger partial charge in [0.15, 0.2) is 29.3 Å². The Morgan fingerprint density at radius 2 is 1.91 bits per heavy atom. The maximum absolute atomic E-state index is 12.8. The third-order valence-corrected chi connectivity index (χ3v) is 4.98. The summed E-state index contributed by atoms with van der Waals surface area (Å²) in [7, 11) is 1.56. The van der Waals surface area contributed by atoms with Gasteiger partial charge in [-0.15, -0.1) is 0 Å². The number of anilines is 1. The predicted molar refractivity (Wildman–Crippen MR) is 121 cm³/mol. The van der Waals surface area contributed by atoms with Crippen LogP contribution < -0.4 is 14.8 Å². The van der Waals surface area contributed by atoms with Gasteiger partial charge in [-0.25, -0.2) is 9.97 Å². The lowest BCUT2D eigenvalue weighted by atomic mass is 10.2. The molecule has 1 N–H and O–H groups in total. The highest BCUT2D eigenvalue weighted by atomic mass is 16.5. The Labute approximate surface area is 188 Å². The van der Waals surface area contributed by atoms with Crippen LogP contribution in [0.1, 0.15) is 16.2 Å². The van der Waals surface area contributed by atoms with Crippen LogP contribution in [0.25, 0.3) is 22.4 Å². The quantitative estimate of drug-likeness (QED) is 0.365. The van der Waals surface area contributed by atoms with Gasteiger partial charge in [0, 0.05) is 17.1 Å². The van der Waals surface area contributed by atoms with Crippen molar-refractivity contribution in [1.82, 2.24) is 9.97 Å². The molecular formula is C25H19N3O5. The van der Waals surface area contributed by atoms with Crippen molar-refractivity contribution in [1.29, 1.82) is 0 Å². The highest BCUT2D eigenvalue weighted by Gasteiger charge is 2.21. The first kappa shape index (κ1) is 20.3. The van der Waals surface area contributed by atoms with E-state index in [-0.39, 0.29) is 18.1 Å². The maximum atomic E-state index is 12.8. The standard InChI is InChI=1S/C25H19N3O5/c1-30-20-11-10-17(28-25(29)23-24(33-15-26-23)21-7-4-12-31-21)13-22(20)32-14-18-9-8-16-5-2-3-6-19(16)27-18/h2-13,15H,14H2,1H3,(H,28,29). The third kappa shape index (κ3) is 4.27. The molecule has 3 heterocycles. The molecule has 0 saturated heterocycles. The number of furan rings is 1. The number of methoxy groups -OCH3 is 1. The third-order valence-electron chi connectivity index (χ3n) is 4.98. The minimum absolute atomic E-state index is 0.114. The molecule has 0 fully saturated rings. The second-order valence-corrected chi connectivity index (χ2v) is 7.11. The fourth-order valence-corrected chi connectivity index (χ4v) is 3.39. The zero-order valence-corrected chi connectivity index (χ0v) is 17.6. The number of rotatable bonds is 7. The Morgan fingerprint density at radius 1 is 1.00 bits per heavy atom. The molecule has 0 atom stereocenters. The first-order valence-corrected chi connectivity index (χ1v) is 10.2. The summed E-state index contributed by atoms with van der Waals surface area (Å²) >= 11 is 0. The molecule has 0 spiro atoms. The Kier molecular flexibility index (Phi) is 5.47. The minimum atomic E-state index is -0.442. The van der Waals surface area contributed by atoms with Crippen LogP contribution >= 0.6 is 0 Å². The molecule has 0 aliphatic rings. The number of aromatic nitrogens is 2. The SMILES string of the molecule is COc1ccc(NC(=O)c2ncoc2-c2ccco2)cc1OCc1ccc2ccccc2n1. The second kappa shape index (κ2) is 8.88. The smallest absolute Gasteiger partial charge is 0.278 e. The number of carbonyl (C=O) groups is 1. The molecule has 3 aromatic heterocycles. The van der Waals surface area contributed by atoms with Crippen LogP contribution in [0.4, 0.5) is 5.69 Å². The molecule has 0 unspecified atom stereocenters. The van der Waals surface area contributed by atoms with E-state index in [9.17, 15) is 4.79 Å². The molecule has 8 nitrogen and oxygen atoms in total. The number of hydrogen-bond acceptors (Lipinski definition) is 7. The number of fused-ring (bicyclic) bond motifs is 1. The molecule has 33 heavy (non-hydrogen) atoms. The van der Waals surface area contributed by atoms with Crippen LogP contribution in [-0.4, -0.2) is 23.0 Å². The van der Waals surface area contributed by atoms with E-state index in [0.717, 1.165) is 16.6 Å². The zero-order chi connectivity index (χ0) is 22.6. The second-order valence-electron chi connectivity index (χ2n) is 7.11. The Bertz CT molecular complexity index is 1410. The summed E-state index contributed by atoms with van der Waals surface area (Å²) in [6, 6.07) is 20.3.